The van der Waals surface area contributed by atoms with E-state index < -0.39 is 22.6 Å². The molecule has 0 saturated heterocycles. The summed E-state index contributed by atoms with van der Waals surface area (Å²) in [5.74, 6) is -0.226. The number of fused-ring (bicyclic) bond motifs is 1. The van der Waals surface area contributed by atoms with Gasteiger partial charge in [0.05, 0.1) is 39.0 Å². The third-order valence-electron chi connectivity index (χ3n) is 4.60. The third kappa shape index (κ3) is 4.36. The smallest absolute Gasteiger partial charge is 0.319 e. The first-order chi connectivity index (χ1) is 15.4. The minimum absolute atomic E-state index is 0.166. The van der Waals surface area contributed by atoms with E-state index in [1.807, 2.05) is 0 Å². The number of nitrogens with zero attached hydrogens (tertiary/aromatic N) is 2. The second kappa shape index (κ2) is 9.90. The van der Waals surface area contributed by atoms with Crippen molar-refractivity contribution in [2.75, 3.05) is 27.9 Å². The second-order valence-corrected chi connectivity index (χ2v) is 7.88. The molecule has 1 atom stereocenters. The number of hydrogen-bond donors (Lipinski definition) is 0. The lowest BCUT2D eigenvalue weighted by Crippen LogP contribution is -2.24. The fourth-order valence-electron chi connectivity index (χ4n) is 3.16. The molecule has 0 saturated carbocycles. The molecule has 0 aliphatic rings. The van der Waals surface area contributed by atoms with Gasteiger partial charge in [0.1, 0.15) is 16.6 Å². The van der Waals surface area contributed by atoms with Crippen LogP contribution in [0.25, 0.3) is 16.6 Å². The van der Waals surface area contributed by atoms with Gasteiger partial charge in [-0.1, -0.05) is 17.8 Å². The van der Waals surface area contributed by atoms with Crippen LogP contribution in [0.15, 0.2) is 40.3 Å². The topological polar surface area (TPSA) is 88.9 Å². The van der Waals surface area contributed by atoms with Gasteiger partial charge >= 0.3 is 5.97 Å². The lowest BCUT2D eigenvalue weighted by atomic mass is 10.2. The monoisotopic (exact) mass is 462 g/mol. The summed E-state index contributed by atoms with van der Waals surface area (Å²) in [6.07, 6.45) is 0. The van der Waals surface area contributed by atoms with Gasteiger partial charge in [0.2, 0.25) is 5.75 Å². The fourth-order valence-corrected chi connectivity index (χ4v) is 4.07. The van der Waals surface area contributed by atoms with E-state index in [0.717, 1.165) is 11.8 Å². The average molecular weight is 462 g/mol. The Balaban J connectivity index is 2.36. The first-order valence-corrected chi connectivity index (χ1v) is 10.6. The molecule has 0 aliphatic carbocycles. The molecule has 170 valence electrons. The molecule has 0 N–H and O–H groups in total. The number of esters is 1. The van der Waals surface area contributed by atoms with Crippen LogP contribution in [-0.2, 0) is 9.53 Å². The lowest BCUT2D eigenvalue weighted by Gasteiger charge is -2.18. The van der Waals surface area contributed by atoms with Crippen molar-refractivity contribution in [2.45, 2.75) is 24.3 Å². The highest BCUT2D eigenvalue weighted by atomic mass is 32.2. The highest BCUT2D eigenvalue weighted by Crippen LogP contribution is 2.42. The minimum atomic E-state index is -0.676. The molecule has 32 heavy (non-hydrogen) atoms. The van der Waals surface area contributed by atoms with Crippen LogP contribution in [-0.4, -0.2) is 48.7 Å². The molecule has 0 radical (unpaired) electrons. The summed E-state index contributed by atoms with van der Waals surface area (Å²) >= 11 is 1.02. The van der Waals surface area contributed by atoms with Crippen molar-refractivity contribution >= 4 is 28.6 Å². The van der Waals surface area contributed by atoms with Gasteiger partial charge in [-0.25, -0.2) is 9.37 Å². The Morgan fingerprint density at radius 3 is 2.47 bits per heavy atom. The molecule has 10 heteroatoms. The summed E-state index contributed by atoms with van der Waals surface area (Å²) in [7, 11) is 4.30. The Labute approximate surface area is 188 Å². The molecule has 3 aromatic rings. The Hall–Kier alpha value is -3.27. The van der Waals surface area contributed by atoms with Crippen LogP contribution in [0.3, 0.4) is 0 Å². The van der Waals surface area contributed by atoms with Gasteiger partial charge in [0, 0.05) is 0 Å². The summed E-state index contributed by atoms with van der Waals surface area (Å²) in [6, 6.07) is 7.04. The minimum Gasteiger partial charge on any atom is -0.493 e. The molecular weight excluding hydrogens is 439 g/mol. The summed E-state index contributed by atoms with van der Waals surface area (Å²) in [6.45, 7) is 3.56. The van der Waals surface area contributed by atoms with Crippen LogP contribution < -0.4 is 19.8 Å². The maximum atomic E-state index is 14.0. The highest BCUT2D eigenvalue weighted by molar-refractivity contribution is 8.00. The number of carbonyl (C=O) groups excluding carboxylic acids is 1. The zero-order valence-corrected chi connectivity index (χ0v) is 19.1. The molecule has 0 aliphatic heterocycles. The van der Waals surface area contributed by atoms with Crippen LogP contribution in [0.4, 0.5) is 4.39 Å². The standard InChI is InChI=1S/C22H23FN2O6S/c1-6-31-21(27)12(2)32-22-24-17-15(11-16(28-3)18(29-4)19(17)30-5)20(26)25(22)14-9-7-8-13(23)10-14/h7-12H,6H2,1-5H3/t12-/m1/s1. The van der Waals surface area contributed by atoms with Crippen LogP contribution in [0, 0.1) is 5.82 Å². The Kier molecular flexibility index (Phi) is 7.24. The van der Waals surface area contributed by atoms with Crippen molar-refractivity contribution in [2.24, 2.45) is 0 Å². The van der Waals surface area contributed by atoms with Crippen LogP contribution in [0.1, 0.15) is 13.8 Å². The number of carbonyl (C=O) groups is 1. The van der Waals surface area contributed by atoms with Crippen molar-refractivity contribution in [3.05, 3.63) is 46.5 Å². The Morgan fingerprint density at radius 1 is 1.16 bits per heavy atom. The van der Waals surface area contributed by atoms with E-state index in [1.54, 1.807) is 19.9 Å². The number of halogens is 1. The summed E-state index contributed by atoms with van der Waals surface area (Å²) in [5, 5.41) is -0.332. The number of thioether (sulfide) groups is 1. The van der Waals surface area contributed by atoms with E-state index in [4.69, 9.17) is 18.9 Å². The fraction of sp³-hybridized carbons (Fsp3) is 0.318. The third-order valence-corrected chi connectivity index (χ3v) is 5.63. The highest BCUT2D eigenvalue weighted by Gasteiger charge is 2.25. The van der Waals surface area contributed by atoms with Gasteiger partial charge < -0.3 is 18.9 Å². The number of rotatable bonds is 8. The van der Waals surface area contributed by atoms with E-state index in [0.29, 0.717) is 0 Å². The molecule has 0 bridgehead atoms. The predicted octanol–water partition coefficient (Wildman–Crippen LogP) is 3.59. The molecule has 0 spiro atoms. The lowest BCUT2D eigenvalue weighted by molar-refractivity contribution is -0.142. The number of ether oxygens (including phenoxy) is 4. The molecule has 2 aromatic carbocycles. The SMILES string of the molecule is CCOC(=O)[C@@H](C)Sc1nc2c(OC)c(OC)c(OC)cc2c(=O)n1-c1cccc(F)c1. The largest absolute Gasteiger partial charge is 0.493 e. The Morgan fingerprint density at radius 2 is 1.88 bits per heavy atom. The average Bonchev–Trinajstić information content (AvgIpc) is 2.78. The molecule has 1 heterocycles. The molecule has 0 unspecified atom stereocenters. The quantitative estimate of drug-likeness (QED) is 0.285. The number of aromatic nitrogens is 2. The van der Waals surface area contributed by atoms with Gasteiger partial charge in [0.25, 0.3) is 5.56 Å². The van der Waals surface area contributed by atoms with E-state index in [2.05, 4.69) is 4.98 Å². The maximum absolute atomic E-state index is 14.0. The Bertz CT molecular complexity index is 1210. The number of benzene rings is 2. The summed E-state index contributed by atoms with van der Waals surface area (Å²) in [4.78, 5) is 30.4. The van der Waals surface area contributed by atoms with Gasteiger partial charge in [0.15, 0.2) is 16.7 Å². The molecule has 1 aromatic heterocycles. The zero-order valence-electron chi connectivity index (χ0n) is 18.3. The predicted molar refractivity (Wildman–Crippen MR) is 119 cm³/mol. The van der Waals surface area contributed by atoms with Crippen molar-refractivity contribution in [3.8, 4) is 22.9 Å². The van der Waals surface area contributed by atoms with Crippen LogP contribution in [0.2, 0.25) is 0 Å². The summed E-state index contributed by atoms with van der Waals surface area (Å²) in [5.41, 5.74) is -0.00326. The first-order valence-electron chi connectivity index (χ1n) is 9.71. The van der Waals surface area contributed by atoms with Crippen LogP contribution >= 0.6 is 11.8 Å². The van der Waals surface area contributed by atoms with Crippen molar-refractivity contribution in [1.29, 1.82) is 0 Å². The number of hydrogen-bond acceptors (Lipinski definition) is 8. The van der Waals surface area contributed by atoms with Crippen molar-refractivity contribution in [1.82, 2.24) is 9.55 Å². The van der Waals surface area contributed by atoms with Gasteiger partial charge in [-0.05, 0) is 38.1 Å². The van der Waals surface area contributed by atoms with Crippen molar-refractivity contribution < 1.29 is 28.1 Å². The molecule has 3 rings (SSSR count). The van der Waals surface area contributed by atoms with E-state index in [-0.39, 0.29) is 45.6 Å². The van der Waals surface area contributed by atoms with Crippen molar-refractivity contribution in [3.63, 3.8) is 0 Å². The van der Waals surface area contributed by atoms with E-state index in [1.165, 1.54) is 50.2 Å². The molecule has 8 nitrogen and oxygen atoms in total. The molecule has 0 fully saturated rings. The molecular formula is C22H23FN2O6S. The number of methoxy groups -OCH3 is 3. The van der Waals surface area contributed by atoms with Crippen LogP contribution in [0.5, 0.6) is 17.2 Å². The first kappa shape index (κ1) is 23.4. The second-order valence-electron chi connectivity index (χ2n) is 6.57. The van der Waals surface area contributed by atoms with E-state index >= 15 is 0 Å². The van der Waals surface area contributed by atoms with Gasteiger partial charge in [-0.3, -0.25) is 14.2 Å². The zero-order chi connectivity index (χ0) is 23.4. The van der Waals surface area contributed by atoms with E-state index in [9.17, 15) is 14.0 Å². The maximum Gasteiger partial charge on any atom is 0.319 e. The normalized spacial score (nSPS) is 11.8. The summed E-state index contributed by atoms with van der Waals surface area (Å²) < 4.78 is 36.5. The molecule has 0 amide bonds. The van der Waals surface area contributed by atoms with Gasteiger partial charge in [-0.2, -0.15) is 0 Å². The van der Waals surface area contributed by atoms with Gasteiger partial charge in [-0.15, -0.1) is 0 Å².